The minimum Gasteiger partial charge on any atom is -0.493 e. The zero-order valence-electron chi connectivity index (χ0n) is 16.3. The molecular formula is C21H25F3NO4P. The number of aryl methyl sites for hydroxylation is 1. The van der Waals surface area contributed by atoms with Crippen molar-refractivity contribution in [2.45, 2.75) is 24.6 Å². The van der Waals surface area contributed by atoms with Crippen LogP contribution in [0.5, 0.6) is 5.75 Å². The summed E-state index contributed by atoms with van der Waals surface area (Å²) < 4.78 is 61.1. The lowest BCUT2D eigenvalue weighted by molar-refractivity contribution is -0.139. The second-order valence-corrected chi connectivity index (χ2v) is 7.35. The van der Waals surface area contributed by atoms with E-state index in [0.717, 1.165) is 11.6 Å². The molecule has 0 aromatic heterocycles. The zero-order valence-corrected chi connectivity index (χ0v) is 17.4. The molecule has 5 nitrogen and oxygen atoms in total. The number of hydrogen-bond acceptors (Lipinski definition) is 5. The van der Waals surface area contributed by atoms with Crippen LogP contribution in [-0.4, -0.2) is 30.5 Å². The molecule has 2 unspecified atom stereocenters. The molecule has 2 rings (SSSR count). The maximum absolute atomic E-state index is 13.5. The zero-order chi connectivity index (χ0) is 22.0. The second-order valence-electron chi connectivity index (χ2n) is 6.82. The number of rotatable bonds is 11. The first-order valence-electron chi connectivity index (χ1n) is 9.29. The normalized spacial score (nSPS) is 14.4. The Morgan fingerprint density at radius 3 is 2.50 bits per heavy atom. The van der Waals surface area contributed by atoms with Crippen LogP contribution < -0.4 is 10.5 Å². The highest BCUT2D eigenvalue weighted by molar-refractivity contribution is 7.17. The summed E-state index contributed by atoms with van der Waals surface area (Å²) in [6, 6.07) is 13.3. The molecule has 164 valence electrons. The minimum absolute atomic E-state index is 0.151. The topological polar surface area (TPSA) is 81.8 Å². The number of alkyl halides is 3. The van der Waals surface area contributed by atoms with E-state index < -0.39 is 32.6 Å². The molecule has 0 saturated heterocycles. The lowest BCUT2D eigenvalue weighted by Crippen LogP contribution is -2.45. The number of ether oxygens (including phenoxy) is 1. The Bertz CT molecular complexity index is 846. The monoisotopic (exact) mass is 443 g/mol. The molecule has 0 spiro atoms. The highest BCUT2D eigenvalue weighted by Crippen LogP contribution is 2.37. The Labute approximate surface area is 174 Å². The van der Waals surface area contributed by atoms with Gasteiger partial charge in [-0.15, -0.1) is 0 Å². The van der Waals surface area contributed by atoms with Crippen LogP contribution in [0.4, 0.5) is 13.2 Å². The van der Waals surface area contributed by atoms with Gasteiger partial charge >= 0.3 is 6.18 Å². The van der Waals surface area contributed by atoms with E-state index in [1.165, 1.54) is 24.3 Å². The first kappa shape index (κ1) is 24.2. The van der Waals surface area contributed by atoms with Crippen molar-refractivity contribution in [1.82, 2.24) is 0 Å². The second kappa shape index (κ2) is 11.3. The van der Waals surface area contributed by atoms with Gasteiger partial charge in [0, 0.05) is 0 Å². The molecule has 0 saturated carbocycles. The molecule has 3 N–H and O–H groups in total. The van der Waals surface area contributed by atoms with Crippen LogP contribution in [0, 0.1) is 0 Å². The van der Waals surface area contributed by atoms with Gasteiger partial charge in [-0.3, -0.25) is 4.57 Å². The molecule has 2 aromatic rings. The van der Waals surface area contributed by atoms with Crippen LogP contribution >= 0.6 is 8.69 Å². The van der Waals surface area contributed by atoms with E-state index in [1.54, 1.807) is 0 Å². The molecule has 0 radical (unpaired) electrons. The quantitative estimate of drug-likeness (QED) is 0.404. The molecule has 0 amide bonds. The van der Waals surface area contributed by atoms with Gasteiger partial charge in [0.25, 0.3) is 0 Å². The van der Waals surface area contributed by atoms with Crippen molar-refractivity contribution in [2.24, 2.45) is 5.73 Å². The molecule has 9 heteroatoms. The fraction of sp³-hybridized carbons (Fsp3) is 0.333. The van der Waals surface area contributed by atoms with Gasteiger partial charge in [0.2, 0.25) is 0 Å². The van der Waals surface area contributed by atoms with E-state index >= 15 is 0 Å². The molecule has 0 aliphatic carbocycles. The van der Waals surface area contributed by atoms with Crippen molar-refractivity contribution < 1.29 is 32.1 Å². The van der Waals surface area contributed by atoms with Gasteiger partial charge in [-0.25, -0.2) is 0 Å². The molecule has 0 bridgehead atoms. The number of halogens is 3. The van der Waals surface area contributed by atoms with Crippen molar-refractivity contribution in [2.75, 3.05) is 19.8 Å². The van der Waals surface area contributed by atoms with E-state index in [0.29, 0.717) is 12.8 Å². The van der Waals surface area contributed by atoms with Crippen molar-refractivity contribution in [3.05, 3.63) is 71.3 Å². The number of aliphatic hydroxyl groups excluding tert-OH is 1. The molecule has 0 aliphatic rings. The SMILES string of the molecule is NC(C=Cc1ccc(OCCCc2ccccc2)c(C(F)(F)F)c1)(CO)CO[PH2]=O. The number of hydrogen-bond donors (Lipinski definition) is 2. The Balaban J connectivity index is 2.09. The van der Waals surface area contributed by atoms with Gasteiger partial charge < -0.3 is 20.1 Å². The standard InChI is InChI=1S/C21H25F3NO4P/c22-21(23,24)18-13-17(10-11-20(25,14-26)15-29-30-27)8-9-19(18)28-12-4-7-16-5-2-1-3-6-16/h1-3,5-6,8-11,13,26H,4,7,12,14-15,25,30H2. The third-order valence-electron chi connectivity index (χ3n) is 4.34. The van der Waals surface area contributed by atoms with Gasteiger partial charge in [-0.2, -0.15) is 13.2 Å². The van der Waals surface area contributed by atoms with Crippen LogP contribution in [0.15, 0.2) is 54.6 Å². The van der Waals surface area contributed by atoms with Crippen LogP contribution in [0.25, 0.3) is 6.08 Å². The Morgan fingerprint density at radius 1 is 1.13 bits per heavy atom. The molecular weight excluding hydrogens is 418 g/mol. The van der Waals surface area contributed by atoms with Gasteiger partial charge in [0.05, 0.1) is 30.9 Å². The summed E-state index contributed by atoms with van der Waals surface area (Å²) in [6.45, 7) is -0.580. The molecule has 2 atom stereocenters. The summed E-state index contributed by atoms with van der Waals surface area (Å²) in [7, 11) is -1.50. The van der Waals surface area contributed by atoms with E-state index in [9.17, 15) is 22.8 Å². The molecule has 30 heavy (non-hydrogen) atoms. The average Bonchev–Trinajstić information content (AvgIpc) is 2.74. The summed E-state index contributed by atoms with van der Waals surface area (Å²) in [6.07, 6.45) is -0.622. The number of benzene rings is 2. The van der Waals surface area contributed by atoms with Gasteiger partial charge in [-0.05, 0) is 36.1 Å². The molecule has 0 fully saturated rings. The largest absolute Gasteiger partial charge is 0.493 e. The minimum atomic E-state index is -4.59. The smallest absolute Gasteiger partial charge is 0.419 e. The van der Waals surface area contributed by atoms with Crippen molar-refractivity contribution in [3.63, 3.8) is 0 Å². The number of aliphatic hydroxyl groups is 1. The average molecular weight is 443 g/mol. The lowest BCUT2D eigenvalue weighted by Gasteiger charge is -2.21. The predicted octanol–water partition coefficient (Wildman–Crippen LogP) is 4.11. The van der Waals surface area contributed by atoms with Crippen LogP contribution in [0.1, 0.15) is 23.1 Å². The third kappa shape index (κ3) is 7.61. The third-order valence-corrected chi connectivity index (χ3v) is 4.64. The van der Waals surface area contributed by atoms with Gasteiger partial charge in [-0.1, -0.05) is 48.6 Å². The molecule has 0 aliphatic heterocycles. The first-order valence-corrected chi connectivity index (χ1v) is 10.2. The van der Waals surface area contributed by atoms with Crippen molar-refractivity contribution in [3.8, 4) is 5.75 Å². The van der Waals surface area contributed by atoms with Gasteiger partial charge in [0.1, 0.15) is 5.75 Å². The maximum atomic E-state index is 13.5. The first-order chi connectivity index (χ1) is 14.3. The Morgan fingerprint density at radius 2 is 1.87 bits per heavy atom. The van der Waals surface area contributed by atoms with Crippen LogP contribution in [-0.2, 0) is 21.7 Å². The van der Waals surface area contributed by atoms with E-state index in [4.69, 9.17) is 15.0 Å². The Kier molecular flexibility index (Phi) is 9.11. The van der Waals surface area contributed by atoms with Gasteiger partial charge in [0.15, 0.2) is 8.69 Å². The van der Waals surface area contributed by atoms with E-state index in [-0.39, 0.29) is 24.5 Å². The highest BCUT2D eigenvalue weighted by atomic mass is 31.1. The van der Waals surface area contributed by atoms with E-state index in [1.807, 2.05) is 30.3 Å². The fourth-order valence-corrected chi connectivity index (χ4v) is 3.08. The van der Waals surface area contributed by atoms with Crippen molar-refractivity contribution in [1.29, 1.82) is 0 Å². The fourth-order valence-electron chi connectivity index (χ4n) is 2.70. The van der Waals surface area contributed by atoms with Crippen LogP contribution in [0.3, 0.4) is 0 Å². The number of nitrogens with two attached hydrogens (primary N) is 1. The summed E-state index contributed by atoms with van der Waals surface area (Å²) in [5.41, 5.74) is 4.97. The lowest BCUT2D eigenvalue weighted by atomic mass is 10.0. The highest BCUT2D eigenvalue weighted by Gasteiger charge is 2.34. The molecule has 0 heterocycles. The summed E-state index contributed by atoms with van der Waals surface area (Å²) >= 11 is 0. The van der Waals surface area contributed by atoms with E-state index in [2.05, 4.69) is 0 Å². The molecule has 2 aromatic carbocycles. The van der Waals surface area contributed by atoms with Crippen molar-refractivity contribution >= 4 is 14.8 Å². The summed E-state index contributed by atoms with van der Waals surface area (Å²) in [5, 5.41) is 9.37. The maximum Gasteiger partial charge on any atom is 0.419 e. The summed E-state index contributed by atoms with van der Waals surface area (Å²) in [5.74, 6) is -0.243. The van der Waals surface area contributed by atoms with Crippen LogP contribution in [0.2, 0.25) is 0 Å². The Hall–Kier alpha value is -2.12. The summed E-state index contributed by atoms with van der Waals surface area (Å²) in [4.78, 5) is 0. The predicted molar refractivity (Wildman–Crippen MR) is 111 cm³/mol.